The van der Waals surface area contributed by atoms with Crippen molar-refractivity contribution in [3.05, 3.63) is 66.2 Å². The molecule has 0 aromatic heterocycles. The third-order valence-corrected chi connectivity index (χ3v) is 9.49. The Hall–Kier alpha value is -1.13. The molecule has 2 aromatic rings. The van der Waals surface area contributed by atoms with Gasteiger partial charge in [0, 0.05) is 0 Å². The van der Waals surface area contributed by atoms with Crippen LogP contribution in [0.25, 0.3) is 0 Å². The van der Waals surface area contributed by atoms with Crippen LogP contribution in [0.15, 0.2) is 65.6 Å². The van der Waals surface area contributed by atoms with Crippen LogP contribution in [0.1, 0.15) is 24.8 Å². The number of hydrogen-bond acceptors (Lipinski definition) is 2. The Labute approximate surface area is 146 Å². The van der Waals surface area contributed by atoms with Gasteiger partial charge in [-0.05, 0) is 42.4 Å². The van der Waals surface area contributed by atoms with E-state index in [-0.39, 0.29) is 21.4 Å². The van der Waals surface area contributed by atoms with Crippen molar-refractivity contribution in [2.24, 2.45) is 11.8 Å². The van der Waals surface area contributed by atoms with E-state index in [1.807, 2.05) is 24.3 Å². The van der Waals surface area contributed by atoms with Crippen molar-refractivity contribution in [1.29, 1.82) is 0 Å². The lowest BCUT2D eigenvalue weighted by atomic mass is 9.54. The first kappa shape index (κ1) is 15.4. The number of halogens is 1. The van der Waals surface area contributed by atoms with Crippen LogP contribution >= 0.6 is 15.9 Å². The largest absolute Gasteiger partial charge is 0.223 e. The summed E-state index contributed by atoms with van der Waals surface area (Å²) in [5.41, 5.74) is 1.22. The first-order valence-electron chi connectivity index (χ1n) is 8.09. The first-order valence-corrected chi connectivity index (χ1v) is 10.4. The van der Waals surface area contributed by atoms with Gasteiger partial charge in [0.25, 0.3) is 0 Å². The molecule has 0 N–H and O–H groups in total. The lowest BCUT2D eigenvalue weighted by molar-refractivity contribution is 0.0564. The second-order valence-electron chi connectivity index (χ2n) is 6.60. The number of fused-ring (bicyclic) bond motifs is 2. The number of benzene rings is 2. The molecule has 0 heterocycles. The van der Waals surface area contributed by atoms with Gasteiger partial charge in [0.05, 0.1) is 14.5 Å². The highest BCUT2D eigenvalue weighted by molar-refractivity contribution is 9.09. The van der Waals surface area contributed by atoms with Crippen molar-refractivity contribution in [1.82, 2.24) is 0 Å². The van der Waals surface area contributed by atoms with Gasteiger partial charge in [-0.25, -0.2) is 8.42 Å². The van der Waals surface area contributed by atoms with Gasteiger partial charge in [0.15, 0.2) is 9.84 Å². The number of sulfone groups is 1. The van der Waals surface area contributed by atoms with E-state index in [1.165, 1.54) is 5.56 Å². The molecule has 2 saturated carbocycles. The molecule has 2 fully saturated rings. The minimum Gasteiger partial charge on any atom is -0.223 e. The number of hydrogen-bond donors (Lipinski definition) is 0. The third-order valence-electron chi connectivity index (χ3n) is 5.55. The molecule has 2 unspecified atom stereocenters. The van der Waals surface area contributed by atoms with Crippen molar-refractivity contribution in [2.75, 3.05) is 0 Å². The van der Waals surface area contributed by atoms with Crippen LogP contribution < -0.4 is 0 Å². The molecular weight excluding hydrogens is 372 g/mol. The highest BCUT2D eigenvalue weighted by Gasteiger charge is 2.66. The predicted molar refractivity (Wildman–Crippen MR) is 95.3 cm³/mol. The summed E-state index contributed by atoms with van der Waals surface area (Å²) in [6.07, 6.45) is 3.05. The van der Waals surface area contributed by atoms with Gasteiger partial charge in [-0.2, -0.15) is 0 Å². The Bertz CT molecular complexity index is 790. The molecule has 2 aliphatic carbocycles. The highest BCUT2D eigenvalue weighted by Crippen LogP contribution is 2.66. The maximum absolute atomic E-state index is 13.1. The fourth-order valence-electron chi connectivity index (χ4n) is 4.54. The number of alkyl halides is 1. The van der Waals surface area contributed by atoms with E-state index in [0.717, 1.165) is 19.3 Å². The van der Waals surface area contributed by atoms with Crippen LogP contribution in [0.3, 0.4) is 0 Å². The third kappa shape index (κ3) is 2.14. The Kier molecular flexibility index (Phi) is 3.65. The monoisotopic (exact) mass is 390 g/mol. The maximum Gasteiger partial charge on any atom is 0.181 e. The summed E-state index contributed by atoms with van der Waals surface area (Å²) in [6, 6.07) is 19.2. The minimum atomic E-state index is -3.27. The Morgan fingerprint density at radius 1 is 0.870 bits per heavy atom. The summed E-state index contributed by atoms with van der Waals surface area (Å²) in [7, 11) is -3.27. The molecule has 2 aromatic carbocycles. The molecule has 2 aliphatic rings. The predicted octanol–water partition coefficient (Wildman–Crippen LogP) is 4.55. The Morgan fingerprint density at radius 3 is 1.96 bits per heavy atom. The maximum atomic E-state index is 13.1. The highest BCUT2D eigenvalue weighted by atomic mass is 79.9. The quantitative estimate of drug-likeness (QED) is 0.720. The summed E-state index contributed by atoms with van der Waals surface area (Å²) >= 11 is 3.96. The lowest BCUT2D eigenvalue weighted by Crippen LogP contribution is -2.64. The molecule has 0 radical (unpaired) electrons. The smallest absolute Gasteiger partial charge is 0.181 e. The lowest BCUT2D eigenvalue weighted by Gasteiger charge is -2.61. The van der Waals surface area contributed by atoms with Gasteiger partial charge in [0.1, 0.15) is 0 Å². The molecule has 2 bridgehead atoms. The summed E-state index contributed by atoms with van der Waals surface area (Å²) in [5.74, 6) is 0.294. The molecule has 0 saturated heterocycles. The van der Waals surface area contributed by atoms with Gasteiger partial charge in [-0.15, -0.1) is 0 Å². The van der Waals surface area contributed by atoms with E-state index < -0.39 is 9.84 Å². The van der Waals surface area contributed by atoms with Gasteiger partial charge in [-0.1, -0.05) is 70.9 Å². The van der Waals surface area contributed by atoms with E-state index in [4.69, 9.17) is 0 Å². The summed E-state index contributed by atoms with van der Waals surface area (Å²) < 4.78 is 26.1. The molecule has 2 nitrogen and oxygen atoms in total. The Balaban J connectivity index is 1.74. The summed E-state index contributed by atoms with van der Waals surface area (Å²) in [5, 5.41) is -0.266. The minimum absolute atomic E-state index is 0.147. The Morgan fingerprint density at radius 2 is 1.39 bits per heavy atom. The van der Waals surface area contributed by atoms with E-state index in [2.05, 4.69) is 28.1 Å². The second-order valence-corrected chi connectivity index (χ2v) is 10.0. The summed E-state index contributed by atoms with van der Waals surface area (Å²) in [4.78, 5) is 0.463. The van der Waals surface area contributed by atoms with E-state index in [9.17, 15) is 8.42 Å². The van der Waals surface area contributed by atoms with Crippen molar-refractivity contribution in [3.63, 3.8) is 0 Å². The van der Waals surface area contributed by atoms with E-state index in [1.54, 1.807) is 24.3 Å². The SMILES string of the molecule is O=S(=O)(c1ccccc1)C1C2CCCC1C2(Br)c1ccccc1. The molecular formula is C19H19BrO2S. The van der Waals surface area contributed by atoms with Crippen molar-refractivity contribution >= 4 is 25.8 Å². The molecule has 4 heteroatoms. The molecule has 0 aliphatic heterocycles. The molecule has 0 spiro atoms. The van der Waals surface area contributed by atoms with Crippen LogP contribution in [-0.2, 0) is 14.2 Å². The second kappa shape index (κ2) is 5.45. The summed E-state index contributed by atoms with van der Waals surface area (Å²) in [6.45, 7) is 0. The average Bonchev–Trinajstić information content (AvgIpc) is 2.62. The van der Waals surface area contributed by atoms with Crippen molar-refractivity contribution in [3.8, 4) is 0 Å². The van der Waals surface area contributed by atoms with Crippen LogP contribution in [0, 0.1) is 11.8 Å². The van der Waals surface area contributed by atoms with Crippen molar-refractivity contribution in [2.45, 2.75) is 33.7 Å². The molecule has 120 valence electrons. The molecule has 23 heavy (non-hydrogen) atoms. The van der Waals surface area contributed by atoms with Gasteiger partial charge >= 0.3 is 0 Å². The van der Waals surface area contributed by atoms with Crippen molar-refractivity contribution < 1.29 is 8.42 Å². The van der Waals surface area contributed by atoms with E-state index in [0.29, 0.717) is 4.90 Å². The average molecular weight is 391 g/mol. The van der Waals surface area contributed by atoms with Gasteiger partial charge < -0.3 is 0 Å². The zero-order valence-corrected chi connectivity index (χ0v) is 15.1. The standard InChI is InChI=1S/C19H19BrO2S/c20-19(14-8-3-1-4-9-14)16-12-7-13-17(19)18(16)23(21,22)15-10-5-2-6-11-15/h1-6,8-11,16-18H,7,12-13H2. The van der Waals surface area contributed by atoms with E-state index >= 15 is 0 Å². The topological polar surface area (TPSA) is 34.1 Å². The van der Waals surface area contributed by atoms with Crippen LogP contribution in [0.4, 0.5) is 0 Å². The normalized spacial score (nSPS) is 33.0. The van der Waals surface area contributed by atoms with Crippen LogP contribution in [0.2, 0.25) is 0 Å². The first-order chi connectivity index (χ1) is 11.1. The van der Waals surface area contributed by atoms with Gasteiger partial charge in [0.2, 0.25) is 0 Å². The zero-order valence-electron chi connectivity index (χ0n) is 12.7. The molecule has 2 atom stereocenters. The van der Waals surface area contributed by atoms with Gasteiger partial charge in [-0.3, -0.25) is 0 Å². The molecule has 4 rings (SSSR count). The number of rotatable bonds is 3. The fourth-order valence-corrected chi connectivity index (χ4v) is 8.60. The fraction of sp³-hybridized carbons (Fsp3) is 0.368. The van der Waals surface area contributed by atoms with Crippen LogP contribution in [-0.4, -0.2) is 13.7 Å². The zero-order chi connectivity index (χ0) is 16.1. The molecule has 0 amide bonds. The van der Waals surface area contributed by atoms with Crippen LogP contribution in [0.5, 0.6) is 0 Å².